The van der Waals surface area contributed by atoms with Gasteiger partial charge in [-0.1, -0.05) is 0 Å². The van der Waals surface area contributed by atoms with Crippen LogP contribution in [0, 0.1) is 3.70 Å². The lowest BCUT2D eigenvalue weighted by Gasteiger charge is -2.01. The number of nitrogens with zero attached hydrogens (tertiary/aromatic N) is 3. The zero-order chi connectivity index (χ0) is 9.42. The molecule has 2 heterocycles. The molecule has 0 radical (unpaired) electrons. The van der Waals surface area contributed by atoms with E-state index < -0.39 is 0 Å². The van der Waals surface area contributed by atoms with Crippen LogP contribution in [0.5, 0.6) is 5.75 Å². The van der Waals surface area contributed by atoms with Gasteiger partial charge in [0, 0.05) is 0 Å². The number of rotatable bonds is 1. The van der Waals surface area contributed by atoms with E-state index in [-0.39, 0.29) is 5.95 Å². The predicted octanol–water partition coefficient (Wildman–Crippen LogP) is 0.925. The summed E-state index contributed by atoms with van der Waals surface area (Å²) in [5, 5.41) is 4.02. The molecule has 2 N–H and O–H groups in total. The standard InChI is InChI=1S/C7H7IN4O/c1-13-4-2-3-5(8)12-6(4)10-7(9)11-12/h2-3H,1H3,(H2,9,11). The highest BCUT2D eigenvalue weighted by Gasteiger charge is 2.08. The van der Waals surface area contributed by atoms with Gasteiger partial charge in [0.25, 0.3) is 0 Å². The first-order valence-electron chi connectivity index (χ1n) is 3.57. The van der Waals surface area contributed by atoms with Crippen molar-refractivity contribution in [3.63, 3.8) is 0 Å². The van der Waals surface area contributed by atoms with Crippen LogP contribution in [0.4, 0.5) is 5.95 Å². The Morgan fingerprint density at radius 1 is 1.54 bits per heavy atom. The van der Waals surface area contributed by atoms with Crippen LogP contribution in [0.3, 0.4) is 0 Å². The van der Waals surface area contributed by atoms with Crippen LogP contribution in [0.2, 0.25) is 0 Å². The molecule has 0 fully saturated rings. The summed E-state index contributed by atoms with van der Waals surface area (Å²) in [5.41, 5.74) is 6.13. The van der Waals surface area contributed by atoms with Crippen LogP contribution in [0.1, 0.15) is 0 Å². The number of pyridine rings is 1. The van der Waals surface area contributed by atoms with Crippen molar-refractivity contribution >= 4 is 34.2 Å². The lowest BCUT2D eigenvalue weighted by Crippen LogP contribution is -1.96. The number of anilines is 1. The van der Waals surface area contributed by atoms with E-state index in [1.807, 2.05) is 12.1 Å². The highest BCUT2D eigenvalue weighted by molar-refractivity contribution is 14.1. The molecule has 0 atom stereocenters. The fraction of sp³-hybridized carbons (Fsp3) is 0.143. The first-order chi connectivity index (χ1) is 6.22. The van der Waals surface area contributed by atoms with Gasteiger partial charge in [0.2, 0.25) is 11.6 Å². The molecule has 2 aromatic heterocycles. The van der Waals surface area contributed by atoms with E-state index in [4.69, 9.17) is 10.5 Å². The van der Waals surface area contributed by atoms with Crippen LogP contribution >= 0.6 is 22.6 Å². The lowest BCUT2D eigenvalue weighted by molar-refractivity contribution is 0.416. The Bertz CT molecular complexity index is 453. The molecule has 68 valence electrons. The number of nitrogen functional groups attached to an aromatic ring is 1. The number of fused-ring (bicyclic) bond motifs is 1. The van der Waals surface area contributed by atoms with Gasteiger partial charge in [-0.05, 0) is 34.7 Å². The van der Waals surface area contributed by atoms with Gasteiger partial charge >= 0.3 is 0 Å². The molecule has 2 aromatic rings. The number of hydrogen-bond acceptors (Lipinski definition) is 4. The van der Waals surface area contributed by atoms with Crippen molar-refractivity contribution in [3.8, 4) is 5.75 Å². The number of halogens is 1. The molecule has 0 aliphatic heterocycles. The number of hydrogen-bond donors (Lipinski definition) is 1. The summed E-state index contributed by atoms with van der Waals surface area (Å²) in [5.74, 6) is 0.923. The molecular weight excluding hydrogens is 283 g/mol. The minimum Gasteiger partial charge on any atom is -0.493 e. The lowest BCUT2D eigenvalue weighted by atomic mass is 10.4. The zero-order valence-electron chi connectivity index (χ0n) is 6.86. The zero-order valence-corrected chi connectivity index (χ0v) is 9.02. The second-order valence-electron chi connectivity index (χ2n) is 2.43. The van der Waals surface area contributed by atoms with Crippen molar-refractivity contribution in [1.29, 1.82) is 0 Å². The topological polar surface area (TPSA) is 65.4 Å². The summed E-state index contributed by atoms with van der Waals surface area (Å²) in [6.45, 7) is 0. The molecule has 2 rings (SSSR count). The van der Waals surface area contributed by atoms with Crippen LogP contribution in [-0.4, -0.2) is 21.7 Å². The van der Waals surface area contributed by atoms with Crippen molar-refractivity contribution in [2.75, 3.05) is 12.8 Å². The molecule has 13 heavy (non-hydrogen) atoms. The smallest absolute Gasteiger partial charge is 0.240 e. The van der Waals surface area contributed by atoms with Crippen LogP contribution < -0.4 is 10.5 Å². The largest absolute Gasteiger partial charge is 0.493 e. The van der Waals surface area contributed by atoms with Gasteiger partial charge in [-0.3, -0.25) is 0 Å². The Hall–Kier alpha value is -1.05. The van der Waals surface area contributed by atoms with E-state index in [9.17, 15) is 0 Å². The van der Waals surface area contributed by atoms with Gasteiger partial charge in [-0.15, -0.1) is 5.10 Å². The second-order valence-corrected chi connectivity index (χ2v) is 3.54. The molecule has 0 aliphatic carbocycles. The highest BCUT2D eigenvalue weighted by Crippen LogP contribution is 2.20. The molecule has 5 nitrogen and oxygen atoms in total. The molecule has 0 unspecified atom stereocenters. The van der Waals surface area contributed by atoms with E-state index in [0.29, 0.717) is 11.4 Å². The van der Waals surface area contributed by atoms with E-state index in [1.165, 1.54) is 0 Å². The Kier molecular flexibility index (Phi) is 1.98. The Morgan fingerprint density at radius 3 is 3.00 bits per heavy atom. The molecule has 0 aliphatic rings. The van der Waals surface area contributed by atoms with Gasteiger partial charge in [-0.2, -0.15) is 4.98 Å². The van der Waals surface area contributed by atoms with E-state index in [2.05, 4.69) is 32.7 Å². The fourth-order valence-electron chi connectivity index (χ4n) is 1.09. The summed E-state index contributed by atoms with van der Waals surface area (Å²) in [7, 11) is 1.59. The first-order valence-corrected chi connectivity index (χ1v) is 4.65. The number of nitrogens with two attached hydrogens (primary N) is 1. The van der Waals surface area contributed by atoms with Crippen molar-refractivity contribution < 1.29 is 4.74 Å². The third-order valence-corrected chi connectivity index (χ3v) is 2.45. The Labute approximate surface area is 88.0 Å². The Morgan fingerprint density at radius 2 is 2.31 bits per heavy atom. The normalized spacial score (nSPS) is 10.6. The molecule has 0 spiro atoms. The van der Waals surface area contributed by atoms with Gasteiger partial charge in [0.1, 0.15) is 3.70 Å². The minimum atomic E-state index is 0.252. The Balaban J connectivity index is 2.83. The maximum absolute atomic E-state index is 5.48. The second kappa shape index (κ2) is 3.02. The fourth-order valence-corrected chi connectivity index (χ4v) is 1.60. The third kappa shape index (κ3) is 1.30. The van der Waals surface area contributed by atoms with E-state index in [0.717, 1.165) is 3.70 Å². The molecule has 0 amide bonds. The van der Waals surface area contributed by atoms with Crippen LogP contribution in [0.15, 0.2) is 12.1 Å². The van der Waals surface area contributed by atoms with E-state index >= 15 is 0 Å². The monoisotopic (exact) mass is 290 g/mol. The summed E-state index contributed by atoms with van der Waals surface area (Å²) in [6.07, 6.45) is 0. The molecule has 6 heteroatoms. The average Bonchev–Trinajstić information content (AvgIpc) is 2.48. The maximum Gasteiger partial charge on any atom is 0.240 e. The van der Waals surface area contributed by atoms with Gasteiger partial charge in [0.05, 0.1) is 7.11 Å². The summed E-state index contributed by atoms with van der Waals surface area (Å²) in [4.78, 5) is 4.04. The van der Waals surface area contributed by atoms with E-state index in [1.54, 1.807) is 11.6 Å². The third-order valence-electron chi connectivity index (χ3n) is 1.64. The molecule has 0 aromatic carbocycles. The van der Waals surface area contributed by atoms with Crippen molar-refractivity contribution in [1.82, 2.24) is 14.6 Å². The summed E-state index contributed by atoms with van der Waals surface area (Å²) in [6, 6.07) is 3.73. The van der Waals surface area contributed by atoms with Crippen molar-refractivity contribution in [3.05, 3.63) is 15.8 Å². The predicted molar refractivity (Wildman–Crippen MR) is 56.7 cm³/mol. The molecule has 0 saturated heterocycles. The first kappa shape index (κ1) is 8.54. The number of methoxy groups -OCH3 is 1. The van der Waals surface area contributed by atoms with Gasteiger partial charge < -0.3 is 10.5 Å². The number of ether oxygens (including phenoxy) is 1. The maximum atomic E-state index is 5.48. The van der Waals surface area contributed by atoms with Crippen LogP contribution in [0.25, 0.3) is 5.65 Å². The summed E-state index contributed by atoms with van der Waals surface area (Å²) < 4.78 is 7.70. The molecule has 0 bridgehead atoms. The average molecular weight is 290 g/mol. The van der Waals surface area contributed by atoms with Gasteiger partial charge in [0.15, 0.2) is 5.75 Å². The number of aromatic nitrogens is 3. The van der Waals surface area contributed by atoms with Crippen LogP contribution in [-0.2, 0) is 0 Å². The highest BCUT2D eigenvalue weighted by atomic mass is 127. The van der Waals surface area contributed by atoms with Crippen molar-refractivity contribution in [2.45, 2.75) is 0 Å². The summed E-state index contributed by atoms with van der Waals surface area (Å²) >= 11 is 2.15. The molecular formula is C7H7IN4O. The van der Waals surface area contributed by atoms with Gasteiger partial charge in [-0.25, -0.2) is 4.52 Å². The SMILES string of the molecule is COc1ccc(I)n2nc(N)nc12. The van der Waals surface area contributed by atoms with Crippen molar-refractivity contribution in [2.24, 2.45) is 0 Å². The quantitative estimate of drug-likeness (QED) is 0.626. The molecule has 0 saturated carbocycles. The minimum absolute atomic E-state index is 0.252.